The fourth-order valence-electron chi connectivity index (χ4n) is 3.15. The molecule has 3 nitrogen and oxygen atoms in total. The minimum atomic E-state index is -0.322. The second-order valence-corrected chi connectivity index (χ2v) is 7.15. The van der Waals surface area contributed by atoms with Crippen molar-refractivity contribution in [3.05, 3.63) is 75.8 Å². The molecule has 0 N–H and O–H groups in total. The highest BCUT2D eigenvalue weighted by Gasteiger charge is 2.16. The molecule has 2 heterocycles. The monoisotopic (exact) mass is 361 g/mol. The third-order valence-electron chi connectivity index (χ3n) is 4.58. The molecule has 0 unspecified atom stereocenters. The van der Waals surface area contributed by atoms with E-state index in [0.717, 1.165) is 39.5 Å². The van der Waals surface area contributed by atoms with Crippen LogP contribution in [0.3, 0.4) is 0 Å². The number of anilines is 1. The van der Waals surface area contributed by atoms with E-state index in [1.807, 2.05) is 42.5 Å². The number of fused-ring (bicyclic) bond motifs is 2. The Morgan fingerprint density at radius 2 is 1.88 bits per heavy atom. The number of nitrogens with zero attached hydrogens (tertiary/aromatic N) is 1. The van der Waals surface area contributed by atoms with Gasteiger partial charge in [0.25, 0.3) is 0 Å². The minimum Gasteiger partial charge on any atom is -0.422 e. The SMILES string of the molecule is CCN(CC)c1ccc2cc(C3=C=Cc4ccccc4S3)c(=O)oc2c1. The van der Waals surface area contributed by atoms with Crippen LogP contribution in [0, 0.1) is 0 Å². The topological polar surface area (TPSA) is 33.5 Å². The van der Waals surface area contributed by atoms with E-state index in [1.54, 1.807) is 11.8 Å². The molecule has 0 amide bonds. The van der Waals surface area contributed by atoms with Gasteiger partial charge in [0.1, 0.15) is 5.58 Å². The lowest BCUT2D eigenvalue weighted by Crippen LogP contribution is -2.21. The molecule has 0 saturated carbocycles. The molecule has 4 heteroatoms. The summed E-state index contributed by atoms with van der Waals surface area (Å²) in [6, 6.07) is 16.0. The highest BCUT2D eigenvalue weighted by molar-refractivity contribution is 8.08. The van der Waals surface area contributed by atoms with Crippen LogP contribution in [0.25, 0.3) is 22.0 Å². The van der Waals surface area contributed by atoms with Crippen molar-refractivity contribution in [2.45, 2.75) is 18.7 Å². The van der Waals surface area contributed by atoms with Crippen molar-refractivity contribution < 1.29 is 4.42 Å². The van der Waals surface area contributed by atoms with Crippen molar-refractivity contribution in [2.75, 3.05) is 18.0 Å². The van der Waals surface area contributed by atoms with Crippen LogP contribution in [0.1, 0.15) is 25.0 Å². The second kappa shape index (κ2) is 6.91. The average Bonchev–Trinajstić information content (AvgIpc) is 2.68. The Bertz CT molecular complexity index is 1100. The summed E-state index contributed by atoms with van der Waals surface area (Å²) in [4.78, 5) is 16.7. The highest BCUT2D eigenvalue weighted by Crippen LogP contribution is 2.38. The maximum absolute atomic E-state index is 12.6. The molecule has 1 aliphatic heterocycles. The van der Waals surface area contributed by atoms with E-state index in [1.165, 1.54) is 0 Å². The Morgan fingerprint density at radius 1 is 1.08 bits per heavy atom. The molecule has 0 atom stereocenters. The first kappa shape index (κ1) is 16.8. The number of thioether (sulfide) groups is 1. The van der Waals surface area contributed by atoms with Crippen molar-refractivity contribution in [3.8, 4) is 0 Å². The van der Waals surface area contributed by atoms with Crippen molar-refractivity contribution in [1.82, 2.24) is 0 Å². The van der Waals surface area contributed by atoms with E-state index in [-0.39, 0.29) is 5.63 Å². The predicted octanol–water partition coefficient (Wildman–Crippen LogP) is 5.40. The Balaban J connectivity index is 1.79. The van der Waals surface area contributed by atoms with Crippen LogP contribution in [0.4, 0.5) is 5.69 Å². The summed E-state index contributed by atoms with van der Waals surface area (Å²) in [5.74, 6) is 0. The fourth-order valence-corrected chi connectivity index (χ4v) is 4.13. The first-order valence-electron chi connectivity index (χ1n) is 8.76. The molecule has 0 saturated heterocycles. The lowest BCUT2D eigenvalue weighted by atomic mass is 10.1. The van der Waals surface area contributed by atoms with Gasteiger partial charge < -0.3 is 9.32 Å². The van der Waals surface area contributed by atoms with Crippen LogP contribution in [0.15, 0.2) is 68.4 Å². The Kier molecular flexibility index (Phi) is 4.46. The Hall–Kier alpha value is -2.68. The van der Waals surface area contributed by atoms with E-state index < -0.39 is 0 Å². The molecule has 26 heavy (non-hydrogen) atoms. The van der Waals surface area contributed by atoms with Crippen LogP contribution in [0.5, 0.6) is 0 Å². The van der Waals surface area contributed by atoms with Crippen LogP contribution in [-0.4, -0.2) is 13.1 Å². The summed E-state index contributed by atoms with van der Waals surface area (Å²) in [6.07, 6.45) is 1.92. The van der Waals surface area contributed by atoms with Crippen molar-refractivity contribution >= 4 is 39.4 Å². The zero-order chi connectivity index (χ0) is 18.1. The zero-order valence-electron chi connectivity index (χ0n) is 14.8. The number of hydrogen-bond donors (Lipinski definition) is 0. The average molecular weight is 361 g/mol. The third-order valence-corrected chi connectivity index (χ3v) is 5.72. The van der Waals surface area contributed by atoms with E-state index in [9.17, 15) is 4.79 Å². The van der Waals surface area contributed by atoms with E-state index in [4.69, 9.17) is 4.42 Å². The molecule has 2 aromatic carbocycles. The van der Waals surface area contributed by atoms with E-state index >= 15 is 0 Å². The van der Waals surface area contributed by atoms with Gasteiger partial charge in [0.2, 0.25) is 0 Å². The largest absolute Gasteiger partial charge is 0.422 e. The summed E-state index contributed by atoms with van der Waals surface area (Å²) >= 11 is 1.55. The van der Waals surface area contributed by atoms with Crippen LogP contribution in [0.2, 0.25) is 0 Å². The van der Waals surface area contributed by atoms with Gasteiger partial charge in [0.05, 0.1) is 10.5 Å². The predicted molar refractivity (Wildman–Crippen MR) is 110 cm³/mol. The molecule has 1 aromatic heterocycles. The van der Waals surface area contributed by atoms with Crippen LogP contribution < -0.4 is 10.5 Å². The first-order chi connectivity index (χ1) is 12.7. The molecule has 0 spiro atoms. The summed E-state index contributed by atoms with van der Waals surface area (Å²) < 4.78 is 5.64. The standard InChI is InChI=1S/C22H19NO2S/c1-3-23(4-2)17-11-9-16-13-18(22(24)25-19(16)14-17)21-12-10-15-7-5-6-8-20(15)26-21/h5-11,13-14H,3-4H2,1-2H3. The van der Waals surface area contributed by atoms with Gasteiger partial charge in [-0.3, -0.25) is 0 Å². The quantitative estimate of drug-likeness (QED) is 0.460. The van der Waals surface area contributed by atoms with E-state index in [2.05, 4.69) is 36.6 Å². The van der Waals surface area contributed by atoms with Crippen LogP contribution >= 0.6 is 11.8 Å². The van der Waals surface area contributed by atoms with Gasteiger partial charge in [-0.2, -0.15) is 0 Å². The summed E-state index contributed by atoms with van der Waals surface area (Å²) in [5.41, 5.74) is 6.28. The number of benzene rings is 2. The van der Waals surface area contributed by atoms with Gasteiger partial charge in [0.15, 0.2) is 0 Å². The summed E-state index contributed by atoms with van der Waals surface area (Å²) in [5, 5.41) is 0.921. The van der Waals surface area contributed by atoms with Crippen molar-refractivity contribution in [3.63, 3.8) is 0 Å². The first-order valence-corrected chi connectivity index (χ1v) is 9.58. The molecule has 0 radical (unpaired) electrons. The number of rotatable bonds is 4. The molecular weight excluding hydrogens is 342 g/mol. The van der Waals surface area contributed by atoms with Gasteiger partial charge >= 0.3 is 5.63 Å². The lowest BCUT2D eigenvalue weighted by Gasteiger charge is -2.21. The van der Waals surface area contributed by atoms with Crippen molar-refractivity contribution in [2.24, 2.45) is 0 Å². The highest BCUT2D eigenvalue weighted by atomic mass is 32.2. The molecule has 0 bridgehead atoms. The molecule has 0 fully saturated rings. The van der Waals surface area contributed by atoms with Gasteiger partial charge in [-0.05, 0) is 49.8 Å². The maximum atomic E-state index is 12.6. The third kappa shape index (κ3) is 2.98. The molecule has 1 aliphatic rings. The molecule has 0 aliphatic carbocycles. The summed E-state index contributed by atoms with van der Waals surface area (Å²) in [7, 11) is 0. The van der Waals surface area contributed by atoms with E-state index in [0.29, 0.717) is 11.1 Å². The van der Waals surface area contributed by atoms with Crippen molar-refractivity contribution in [1.29, 1.82) is 0 Å². The molecule has 3 aromatic rings. The normalized spacial score (nSPS) is 12.8. The maximum Gasteiger partial charge on any atom is 0.345 e. The van der Waals surface area contributed by atoms with Gasteiger partial charge in [-0.1, -0.05) is 30.0 Å². The lowest BCUT2D eigenvalue weighted by molar-refractivity contribution is 0.559. The molecule has 130 valence electrons. The molecule has 4 rings (SSSR count). The fraction of sp³-hybridized carbons (Fsp3) is 0.182. The van der Waals surface area contributed by atoms with Gasteiger partial charge in [-0.25, -0.2) is 4.79 Å². The van der Waals surface area contributed by atoms with Gasteiger partial charge in [-0.15, -0.1) is 5.73 Å². The Morgan fingerprint density at radius 3 is 2.69 bits per heavy atom. The van der Waals surface area contributed by atoms with Crippen LogP contribution in [-0.2, 0) is 0 Å². The smallest absolute Gasteiger partial charge is 0.345 e. The number of hydrogen-bond acceptors (Lipinski definition) is 4. The molecular formula is C22H19NO2S. The second-order valence-electron chi connectivity index (χ2n) is 6.10. The zero-order valence-corrected chi connectivity index (χ0v) is 15.6. The van der Waals surface area contributed by atoms with Gasteiger partial charge in [0, 0.05) is 35.1 Å². The summed E-state index contributed by atoms with van der Waals surface area (Å²) in [6.45, 7) is 6.06. The Labute approximate surface area is 156 Å². The minimum absolute atomic E-state index is 0.322.